The largest absolute Gasteiger partial charge is 0.355 e. The minimum atomic E-state index is 0.484. The summed E-state index contributed by atoms with van der Waals surface area (Å²) in [5.41, 5.74) is 7.86. The standard InChI is InChI=1S/C30H27NS/c1-17(2)19-10-12-29-25(13-19)26-16-21(18(3)4)15-23(30(26)32-29)20-9-11-28-24(14-20)22-7-5-6-8-27(22)31-28/h5-18,31H,1-4H3. The molecule has 0 saturated heterocycles. The number of aromatic nitrogens is 1. The lowest BCUT2D eigenvalue weighted by molar-refractivity contribution is 0.868. The number of hydrogen-bond donors (Lipinski definition) is 1. The maximum atomic E-state index is 3.56. The highest BCUT2D eigenvalue weighted by atomic mass is 32.1. The van der Waals surface area contributed by atoms with E-state index >= 15 is 0 Å². The Hall–Kier alpha value is -3.10. The quantitative estimate of drug-likeness (QED) is 0.286. The first kappa shape index (κ1) is 19.6. The molecule has 0 aliphatic rings. The maximum absolute atomic E-state index is 3.56. The zero-order valence-corrected chi connectivity index (χ0v) is 19.8. The fraction of sp³-hybridized carbons (Fsp3) is 0.200. The lowest BCUT2D eigenvalue weighted by Crippen LogP contribution is -1.90. The van der Waals surface area contributed by atoms with Crippen LogP contribution in [0.2, 0.25) is 0 Å². The van der Waals surface area contributed by atoms with Crippen LogP contribution in [0.25, 0.3) is 53.1 Å². The number of benzene rings is 4. The molecule has 32 heavy (non-hydrogen) atoms. The van der Waals surface area contributed by atoms with E-state index in [4.69, 9.17) is 0 Å². The monoisotopic (exact) mass is 433 g/mol. The number of fused-ring (bicyclic) bond motifs is 6. The molecule has 4 aromatic carbocycles. The Balaban J connectivity index is 1.67. The average Bonchev–Trinajstić information content (AvgIpc) is 3.35. The smallest absolute Gasteiger partial charge is 0.0465 e. The van der Waals surface area contributed by atoms with E-state index in [2.05, 4.69) is 105 Å². The molecule has 0 spiro atoms. The molecule has 0 aliphatic carbocycles. The topological polar surface area (TPSA) is 15.8 Å². The third kappa shape index (κ3) is 2.97. The van der Waals surface area contributed by atoms with Gasteiger partial charge in [-0.15, -0.1) is 11.3 Å². The van der Waals surface area contributed by atoms with Crippen molar-refractivity contribution >= 4 is 53.3 Å². The van der Waals surface area contributed by atoms with Crippen LogP contribution in [0.5, 0.6) is 0 Å². The Morgan fingerprint density at radius 1 is 0.625 bits per heavy atom. The van der Waals surface area contributed by atoms with Gasteiger partial charge in [0.15, 0.2) is 0 Å². The summed E-state index contributed by atoms with van der Waals surface area (Å²) in [5, 5.41) is 5.38. The van der Waals surface area contributed by atoms with Crippen LogP contribution in [0.1, 0.15) is 50.7 Å². The van der Waals surface area contributed by atoms with Crippen LogP contribution in [0.15, 0.2) is 72.8 Å². The second-order valence-corrected chi connectivity index (χ2v) is 10.6. The zero-order valence-electron chi connectivity index (χ0n) is 19.0. The number of aromatic amines is 1. The molecule has 2 aromatic heterocycles. The third-order valence-corrected chi connectivity index (χ3v) is 7.99. The van der Waals surface area contributed by atoms with E-state index in [9.17, 15) is 0 Å². The molecule has 0 radical (unpaired) electrons. The molecular weight excluding hydrogens is 406 g/mol. The SMILES string of the molecule is CC(C)c1ccc2sc3c(-c4ccc5[nH]c6ccccc6c5c4)cc(C(C)C)cc3c2c1. The highest BCUT2D eigenvalue weighted by molar-refractivity contribution is 7.26. The minimum absolute atomic E-state index is 0.484. The van der Waals surface area contributed by atoms with Crippen molar-refractivity contribution < 1.29 is 0 Å². The first-order valence-electron chi connectivity index (χ1n) is 11.5. The molecule has 2 heterocycles. The number of nitrogens with one attached hydrogen (secondary N) is 1. The number of hydrogen-bond acceptors (Lipinski definition) is 1. The number of H-pyrrole nitrogens is 1. The second kappa shape index (κ2) is 7.21. The van der Waals surface area contributed by atoms with Gasteiger partial charge in [-0.3, -0.25) is 0 Å². The summed E-state index contributed by atoms with van der Waals surface area (Å²) in [5.74, 6) is 1.02. The number of rotatable bonds is 3. The Bertz CT molecular complexity index is 1630. The molecule has 0 fully saturated rings. The molecule has 1 N–H and O–H groups in total. The van der Waals surface area contributed by atoms with Gasteiger partial charge in [-0.25, -0.2) is 0 Å². The van der Waals surface area contributed by atoms with Gasteiger partial charge in [0.1, 0.15) is 0 Å². The van der Waals surface area contributed by atoms with E-state index in [0.717, 1.165) is 0 Å². The van der Waals surface area contributed by atoms with Gasteiger partial charge < -0.3 is 4.98 Å². The van der Waals surface area contributed by atoms with Crippen molar-refractivity contribution in [2.45, 2.75) is 39.5 Å². The van der Waals surface area contributed by atoms with E-state index in [1.54, 1.807) is 0 Å². The van der Waals surface area contributed by atoms with Crippen LogP contribution in [0, 0.1) is 0 Å². The molecular formula is C30H27NS. The summed E-state index contributed by atoms with van der Waals surface area (Å²) in [4.78, 5) is 3.56. The third-order valence-electron chi connectivity index (χ3n) is 6.77. The predicted octanol–water partition coefficient (Wildman–Crippen LogP) is 9.60. The van der Waals surface area contributed by atoms with Crippen LogP contribution >= 0.6 is 11.3 Å². The van der Waals surface area contributed by atoms with Crippen LogP contribution in [-0.2, 0) is 0 Å². The summed E-state index contributed by atoms with van der Waals surface area (Å²) >= 11 is 1.93. The van der Waals surface area contributed by atoms with Crippen molar-refractivity contribution in [2.75, 3.05) is 0 Å². The van der Waals surface area contributed by atoms with Crippen molar-refractivity contribution in [1.29, 1.82) is 0 Å². The predicted molar refractivity (Wildman–Crippen MR) is 142 cm³/mol. The molecule has 0 amide bonds. The Labute approximate surface area is 192 Å². The van der Waals surface area contributed by atoms with E-state index in [-0.39, 0.29) is 0 Å². The Morgan fingerprint density at radius 2 is 1.38 bits per heavy atom. The molecule has 0 saturated carbocycles. The van der Waals surface area contributed by atoms with Gasteiger partial charge in [0.25, 0.3) is 0 Å². The fourth-order valence-corrected chi connectivity index (χ4v) is 6.04. The molecule has 0 unspecified atom stereocenters. The van der Waals surface area contributed by atoms with Gasteiger partial charge in [0, 0.05) is 42.0 Å². The summed E-state index contributed by atoms with van der Waals surface area (Å²) in [6, 6.07) is 27.3. The Kier molecular flexibility index (Phi) is 4.41. The highest BCUT2D eigenvalue weighted by Crippen LogP contribution is 2.43. The average molecular weight is 434 g/mol. The van der Waals surface area contributed by atoms with Crippen molar-refractivity contribution in [2.24, 2.45) is 0 Å². The van der Waals surface area contributed by atoms with Crippen LogP contribution in [0.3, 0.4) is 0 Å². The van der Waals surface area contributed by atoms with Crippen LogP contribution in [0.4, 0.5) is 0 Å². The molecule has 158 valence electrons. The summed E-state index contributed by atoms with van der Waals surface area (Å²) < 4.78 is 2.77. The molecule has 6 aromatic rings. The molecule has 0 aliphatic heterocycles. The van der Waals surface area contributed by atoms with Gasteiger partial charge in [0.2, 0.25) is 0 Å². The molecule has 1 nitrogen and oxygen atoms in total. The second-order valence-electron chi connectivity index (χ2n) is 9.54. The number of thiophene rings is 1. The van der Waals surface area contributed by atoms with E-state index in [1.165, 1.54) is 64.2 Å². The van der Waals surface area contributed by atoms with E-state index < -0.39 is 0 Å². The van der Waals surface area contributed by atoms with Crippen molar-refractivity contribution in [1.82, 2.24) is 4.98 Å². The molecule has 6 rings (SSSR count). The molecule has 2 heteroatoms. The first-order valence-corrected chi connectivity index (χ1v) is 12.3. The van der Waals surface area contributed by atoms with Gasteiger partial charge in [0.05, 0.1) is 0 Å². The lowest BCUT2D eigenvalue weighted by Gasteiger charge is -2.11. The summed E-state index contributed by atoms with van der Waals surface area (Å²) in [6.45, 7) is 9.14. The minimum Gasteiger partial charge on any atom is -0.355 e. The van der Waals surface area contributed by atoms with Crippen molar-refractivity contribution in [3.8, 4) is 11.1 Å². The molecule has 0 bridgehead atoms. The fourth-order valence-electron chi connectivity index (χ4n) is 4.84. The summed E-state index contributed by atoms with van der Waals surface area (Å²) in [7, 11) is 0. The first-order chi connectivity index (χ1) is 15.5. The van der Waals surface area contributed by atoms with Crippen LogP contribution in [-0.4, -0.2) is 4.98 Å². The van der Waals surface area contributed by atoms with E-state index in [1.807, 2.05) is 11.3 Å². The van der Waals surface area contributed by atoms with Crippen molar-refractivity contribution in [3.63, 3.8) is 0 Å². The van der Waals surface area contributed by atoms with Gasteiger partial charge in [-0.05, 0) is 76.6 Å². The lowest BCUT2D eigenvalue weighted by atomic mass is 9.93. The zero-order chi connectivity index (χ0) is 22.0. The van der Waals surface area contributed by atoms with Crippen molar-refractivity contribution in [3.05, 3.63) is 83.9 Å². The van der Waals surface area contributed by atoms with Gasteiger partial charge >= 0.3 is 0 Å². The molecule has 0 atom stereocenters. The highest BCUT2D eigenvalue weighted by Gasteiger charge is 2.16. The summed E-state index contributed by atoms with van der Waals surface area (Å²) in [6.07, 6.45) is 0. The number of para-hydroxylation sites is 1. The normalized spacial score (nSPS) is 12.3. The van der Waals surface area contributed by atoms with Gasteiger partial charge in [-0.2, -0.15) is 0 Å². The maximum Gasteiger partial charge on any atom is 0.0465 e. The van der Waals surface area contributed by atoms with E-state index in [0.29, 0.717) is 11.8 Å². The van der Waals surface area contributed by atoms with Crippen LogP contribution < -0.4 is 0 Å². The van der Waals surface area contributed by atoms with Gasteiger partial charge in [-0.1, -0.05) is 58.0 Å². The Morgan fingerprint density at radius 3 is 2.19 bits per heavy atom.